The second-order valence-corrected chi connectivity index (χ2v) is 4.74. The Labute approximate surface area is 111 Å². The fourth-order valence-electron chi connectivity index (χ4n) is 2.17. The SMILES string of the molecule is Clc1ccccc1-n1cc(N2CCNCC2)cn1. The number of rotatable bonds is 2. The zero-order chi connectivity index (χ0) is 12.4. The zero-order valence-electron chi connectivity index (χ0n) is 10.0. The molecule has 1 saturated heterocycles. The first-order valence-electron chi connectivity index (χ1n) is 6.10. The highest BCUT2D eigenvalue weighted by atomic mass is 35.5. The molecule has 0 atom stereocenters. The first kappa shape index (κ1) is 11.6. The van der Waals surface area contributed by atoms with Crippen molar-refractivity contribution in [3.05, 3.63) is 41.7 Å². The molecule has 94 valence electrons. The largest absolute Gasteiger partial charge is 0.366 e. The minimum atomic E-state index is 0.715. The van der Waals surface area contributed by atoms with Crippen LogP contribution in [0.1, 0.15) is 0 Å². The highest BCUT2D eigenvalue weighted by molar-refractivity contribution is 6.32. The van der Waals surface area contributed by atoms with E-state index in [4.69, 9.17) is 11.6 Å². The van der Waals surface area contributed by atoms with Gasteiger partial charge in [0.15, 0.2) is 0 Å². The molecule has 18 heavy (non-hydrogen) atoms. The van der Waals surface area contributed by atoms with E-state index >= 15 is 0 Å². The van der Waals surface area contributed by atoms with Gasteiger partial charge in [0.05, 0.1) is 28.8 Å². The van der Waals surface area contributed by atoms with Gasteiger partial charge in [-0.05, 0) is 12.1 Å². The molecule has 1 aliphatic rings. The van der Waals surface area contributed by atoms with Crippen LogP contribution in [0.2, 0.25) is 5.02 Å². The van der Waals surface area contributed by atoms with Crippen LogP contribution in [0.15, 0.2) is 36.7 Å². The molecule has 1 aromatic heterocycles. The number of para-hydroxylation sites is 1. The van der Waals surface area contributed by atoms with Crippen molar-refractivity contribution in [3.63, 3.8) is 0 Å². The first-order valence-corrected chi connectivity index (χ1v) is 6.47. The first-order chi connectivity index (χ1) is 8.84. The molecule has 4 nitrogen and oxygen atoms in total. The van der Waals surface area contributed by atoms with Crippen LogP contribution in [0.5, 0.6) is 0 Å². The second kappa shape index (κ2) is 5.00. The highest BCUT2D eigenvalue weighted by Gasteiger charge is 2.13. The summed E-state index contributed by atoms with van der Waals surface area (Å²) in [6.07, 6.45) is 3.93. The quantitative estimate of drug-likeness (QED) is 0.898. The number of aromatic nitrogens is 2. The Hall–Kier alpha value is -1.52. The third kappa shape index (κ3) is 2.21. The van der Waals surface area contributed by atoms with Crippen molar-refractivity contribution in [2.75, 3.05) is 31.1 Å². The summed E-state index contributed by atoms with van der Waals surface area (Å²) in [6, 6.07) is 7.74. The van der Waals surface area contributed by atoms with Crippen LogP contribution in [0, 0.1) is 0 Å². The lowest BCUT2D eigenvalue weighted by atomic mass is 10.3. The van der Waals surface area contributed by atoms with E-state index in [9.17, 15) is 0 Å². The third-order valence-electron chi connectivity index (χ3n) is 3.15. The van der Waals surface area contributed by atoms with Gasteiger partial charge in [-0.15, -0.1) is 0 Å². The number of hydrogen-bond donors (Lipinski definition) is 1. The Balaban J connectivity index is 1.87. The monoisotopic (exact) mass is 262 g/mol. The molecule has 0 aliphatic carbocycles. The molecule has 2 aromatic rings. The van der Waals surface area contributed by atoms with Gasteiger partial charge in [-0.25, -0.2) is 4.68 Å². The lowest BCUT2D eigenvalue weighted by molar-refractivity contribution is 0.589. The van der Waals surface area contributed by atoms with Gasteiger partial charge in [0.25, 0.3) is 0 Å². The highest BCUT2D eigenvalue weighted by Crippen LogP contribution is 2.22. The molecule has 1 fully saturated rings. The van der Waals surface area contributed by atoms with Crippen LogP contribution in [-0.4, -0.2) is 36.0 Å². The molecule has 2 heterocycles. The molecule has 0 radical (unpaired) electrons. The average molecular weight is 263 g/mol. The van der Waals surface area contributed by atoms with Gasteiger partial charge in [-0.2, -0.15) is 5.10 Å². The minimum Gasteiger partial charge on any atom is -0.366 e. The lowest BCUT2D eigenvalue weighted by Crippen LogP contribution is -2.43. The van der Waals surface area contributed by atoms with Crippen molar-refractivity contribution in [3.8, 4) is 5.69 Å². The van der Waals surface area contributed by atoms with E-state index in [0.717, 1.165) is 37.6 Å². The Morgan fingerprint density at radius 1 is 1.17 bits per heavy atom. The summed E-state index contributed by atoms with van der Waals surface area (Å²) in [5.74, 6) is 0. The summed E-state index contributed by atoms with van der Waals surface area (Å²) < 4.78 is 1.83. The maximum atomic E-state index is 6.17. The number of piperazine rings is 1. The summed E-state index contributed by atoms with van der Waals surface area (Å²) in [6.45, 7) is 4.09. The van der Waals surface area contributed by atoms with Gasteiger partial charge in [0, 0.05) is 26.2 Å². The summed E-state index contributed by atoms with van der Waals surface area (Å²) in [5.41, 5.74) is 2.07. The molecule has 1 aliphatic heterocycles. The second-order valence-electron chi connectivity index (χ2n) is 4.33. The van der Waals surface area contributed by atoms with E-state index in [0.29, 0.717) is 5.02 Å². The van der Waals surface area contributed by atoms with Crippen LogP contribution in [-0.2, 0) is 0 Å². The van der Waals surface area contributed by atoms with Crippen LogP contribution in [0.4, 0.5) is 5.69 Å². The average Bonchev–Trinajstić information content (AvgIpc) is 2.90. The molecule has 3 rings (SSSR count). The van der Waals surface area contributed by atoms with Crippen LogP contribution >= 0.6 is 11.6 Å². The fraction of sp³-hybridized carbons (Fsp3) is 0.308. The fourth-order valence-corrected chi connectivity index (χ4v) is 2.39. The van der Waals surface area contributed by atoms with Crippen molar-refractivity contribution < 1.29 is 0 Å². The summed E-state index contributed by atoms with van der Waals surface area (Å²) in [5, 5.41) is 8.45. The van der Waals surface area contributed by atoms with Crippen LogP contribution in [0.3, 0.4) is 0 Å². The Kier molecular flexibility index (Phi) is 3.21. The van der Waals surface area contributed by atoms with Gasteiger partial charge in [0.2, 0.25) is 0 Å². The molecule has 1 N–H and O–H groups in total. The van der Waals surface area contributed by atoms with Crippen LogP contribution < -0.4 is 10.2 Å². The maximum Gasteiger partial charge on any atom is 0.0832 e. The number of halogens is 1. The van der Waals surface area contributed by atoms with Crippen molar-refractivity contribution in [2.45, 2.75) is 0 Å². The van der Waals surface area contributed by atoms with Gasteiger partial charge in [-0.3, -0.25) is 0 Å². The van der Waals surface area contributed by atoms with Crippen molar-refractivity contribution in [1.82, 2.24) is 15.1 Å². The number of nitrogens with zero attached hydrogens (tertiary/aromatic N) is 3. The van der Waals surface area contributed by atoms with E-state index in [1.54, 1.807) is 0 Å². The number of hydrogen-bond acceptors (Lipinski definition) is 3. The molecule has 0 amide bonds. The molecule has 0 bridgehead atoms. The summed E-state index contributed by atoms with van der Waals surface area (Å²) in [7, 11) is 0. The van der Waals surface area contributed by atoms with E-state index in [2.05, 4.69) is 15.3 Å². The molecule has 1 aromatic carbocycles. The van der Waals surface area contributed by atoms with Gasteiger partial charge in [0.1, 0.15) is 0 Å². The normalized spacial score (nSPS) is 15.9. The number of nitrogens with one attached hydrogen (secondary N) is 1. The Bertz CT molecular complexity index is 531. The van der Waals surface area contributed by atoms with Crippen molar-refractivity contribution >= 4 is 17.3 Å². The van der Waals surface area contributed by atoms with Gasteiger partial charge < -0.3 is 10.2 Å². The Morgan fingerprint density at radius 2 is 1.94 bits per heavy atom. The number of benzene rings is 1. The summed E-state index contributed by atoms with van der Waals surface area (Å²) in [4.78, 5) is 2.33. The molecular formula is C13H15ClN4. The standard InChI is InChI=1S/C13H15ClN4/c14-12-3-1-2-4-13(12)18-10-11(9-16-18)17-7-5-15-6-8-17/h1-4,9-10,15H,5-8H2. The zero-order valence-corrected chi connectivity index (χ0v) is 10.8. The third-order valence-corrected chi connectivity index (χ3v) is 3.47. The minimum absolute atomic E-state index is 0.715. The smallest absolute Gasteiger partial charge is 0.0832 e. The van der Waals surface area contributed by atoms with E-state index in [1.807, 2.05) is 41.3 Å². The van der Waals surface area contributed by atoms with Gasteiger partial charge >= 0.3 is 0 Å². The lowest BCUT2D eigenvalue weighted by Gasteiger charge is -2.27. The number of anilines is 1. The summed E-state index contributed by atoms with van der Waals surface area (Å²) >= 11 is 6.17. The molecule has 0 unspecified atom stereocenters. The molecule has 5 heteroatoms. The van der Waals surface area contributed by atoms with Crippen molar-refractivity contribution in [1.29, 1.82) is 0 Å². The van der Waals surface area contributed by atoms with E-state index < -0.39 is 0 Å². The van der Waals surface area contributed by atoms with Gasteiger partial charge in [-0.1, -0.05) is 23.7 Å². The molecule has 0 saturated carbocycles. The Morgan fingerprint density at radius 3 is 2.72 bits per heavy atom. The van der Waals surface area contributed by atoms with E-state index in [1.165, 1.54) is 0 Å². The molecule has 0 spiro atoms. The van der Waals surface area contributed by atoms with Crippen molar-refractivity contribution in [2.24, 2.45) is 0 Å². The predicted molar refractivity (Wildman–Crippen MR) is 73.7 cm³/mol. The topological polar surface area (TPSA) is 33.1 Å². The van der Waals surface area contributed by atoms with Crippen LogP contribution in [0.25, 0.3) is 5.69 Å². The molecular weight excluding hydrogens is 248 g/mol. The predicted octanol–water partition coefficient (Wildman–Crippen LogP) is 1.94. The van der Waals surface area contributed by atoms with E-state index in [-0.39, 0.29) is 0 Å². The maximum absolute atomic E-state index is 6.17.